The second-order valence-corrected chi connectivity index (χ2v) is 11.7. The van der Waals surface area contributed by atoms with Gasteiger partial charge in [-0.2, -0.15) is 0 Å². The molecule has 2 aliphatic heterocycles. The quantitative estimate of drug-likeness (QED) is 0.382. The Bertz CT molecular complexity index is 1110. The Morgan fingerprint density at radius 3 is 2.47 bits per heavy atom. The summed E-state index contributed by atoms with van der Waals surface area (Å²) in [6.07, 6.45) is 12.2. The molecule has 0 atom stereocenters. The van der Waals surface area contributed by atoms with Gasteiger partial charge in [-0.1, -0.05) is 37.1 Å². The Morgan fingerprint density at radius 1 is 1.22 bits per heavy atom. The van der Waals surface area contributed by atoms with Crippen LogP contribution in [0.2, 0.25) is 5.02 Å². The number of benzene rings is 1. The third-order valence-corrected chi connectivity index (χ3v) is 7.37. The monoisotopic (exact) mass is 512 g/mol. The second-order valence-electron chi connectivity index (χ2n) is 11.3. The normalized spacial score (nSPS) is 20.6. The first-order valence-electron chi connectivity index (χ1n) is 13.0. The molecule has 0 unspecified atom stereocenters. The van der Waals surface area contributed by atoms with Crippen LogP contribution in [0.1, 0.15) is 84.8 Å². The van der Waals surface area contributed by atoms with Crippen molar-refractivity contribution in [1.29, 1.82) is 0 Å². The van der Waals surface area contributed by atoms with Gasteiger partial charge < -0.3 is 10.2 Å². The number of aliphatic imine (C=N–C) groups is 2. The van der Waals surface area contributed by atoms with E-state index in [1.807, 2.05) is 25.3 Å². The van der Waals surface area contributed by atoms with E-state index in [1.54, 1.807) is 19.3 Å². The van der Waals surface area contributed by atoms with Crippen LogP contribution in [0.4, 0.5) is 4.39 Å². The lowest BCUT2D eigenvalue weighted by molar-refractivity contribution is 0.0975. The molecule has 0 bridgehead atoms. The number of nitrogens with zero attached hydrogens (tertiary/aromatic N) is 3. The zero-order chi connectivity index (χ0) is 26.7. The van der Waals surface area contributed by atoms with Crippen molar-refractivity contribution in [2.24, 2.45) is 9.98 Å². The zero-order valence-corrected chi connectivity index (χ0v) is 23.9. The smallest absolute Gasteiger partial charge is 0.133 e. The average molecular weight is 513 g/mol. The molecule has 1 saturated heterocycles. The Balaban J connectivity index is 1.99. The summed E-state index contributed by atoms with van der Waals surface area (Å²) < 4.78 is 15.5. The van der Waals surface area contributed by atoms with Crippen LogP contribution in [0.5, 0.6) is 0 Å². The number of halogens is 2. The minimum atomic E-state index is -0.335. The molecule has 2 aliphatic rings. The van der Waals surface area contributed by atoms with Gasteiger partial charge in [0, 0.05) is 71.9 Å². The highest BCUT2D eigenvalue weighted by atomic mass is 35.5. The van der Waals surface area contributed by atoms with Gasteiger partial charge in [-0.25, -0.2) is 4.39 Å². The maximum Gasteiger partial charge on any atom is 0.133 e. The van der Waals surface area contributed by atoms with Gasteiger partial charge in [0.1, 0.15) is 5.82 Å². The molecule has 1 aromatic carbocycles. The van der Waals surface area contributed by atoms with Crippen molar-refractivity contribution in [3.05, 3.63) is 63.7 Å². The van der Waals surface area contributed by atoms with E-state index in [1.165, 1.54) is 11.6 Å². The van der Waals surface area contributed by atoms with E-state index in [0.29, 0.717) is 27.9 Å². The molecule has 3 rings (SSSR count). The van der Waals surface area contributed by atoms with Crippen molar-refractivity contribution >= 4 is 29.1 Å². The maximum atomic E-state index is 15.5. The maximum absolute atomic E-state index is 15.5. The summed E-state index contributed by atoms with van der Waals surface area (Å²) in [4.78, 5) is 11.3. The first-order chi connectivity index (χ1) is 16.9. The fourth-order valence-corrected chi connectivity index (χ4v) is 5.90. The Morgan fingerprint density at radius 2 is 1.89 bits per heavy atom. The van der Waals surface area contributed by atoms with Gasteiger partial charge in [0.05, 0.1) is 5.71 Å². The molecular weight excluding hydrogens is 471 g/mol. The molecule has 1 fully saturated rings. The molecule has 1 aromatic rings. The van der Waals surface area contributed by atoms with Gasteiger partial charge >= 0.3 is 0 Å². The number of rotatable bonds is 7. The number of piperidine rings is 1. The second kappa shape index (κ2) is 11.4. The molecule has 2 heterocycles. The van der Waals surface area contributed by atoms with E-state index < -0.39 is 0 Å². The van der Waals surface area contributed by atoms with Crippen LogP contribution in [0.15, 0.2) is 51.7 Å². The fourth-order valence-electron chi connectivity index (χ4n) is 5.63. The SMILES string of the molecule is CC/C=C(\C=NC)c1cc(F)c(C2=NC=C(N(C)C3CC(C)(C)NC(C)(C)C3)CC(CC)=C2)cc1Cl. The van der Waals surface area contributed by atoms with Crippen LogP contribution in [-0.2, 0) is 0 Å². The first kappa shape index (κ1) is 28.3. The first-order valence-corrected chi connectivity index (χ1v) is 13.4. The molecule has 1 N–H and O–H groups in total. The van der Waals surface area contributed by atoms with E-state index in [9.17, 15) is 0 Å². The fraction of sp³-hybridized carbons (Fsp3) is 0.533. The van der Waals surface area contributed by atoms with Gasteiger partial charge in [-0.3, -0.25) is 9.98 Å². The topological polar surface area (TPSA) is 40.0 Å². The molecule has 0 radical (unpaired) electrons. The van der Waals surface area contributed by atoms with E-state index in [4.69, 9.17) is 16.6 Å². The number of nitrogens with one attached hydrogen (secondary N) is 1. The molecule has 0 spiro atoms. The average Bonchev–Trinajstić information content (AvgIpc) is 3.00. The molecule has 4 nitrogen and oxygen atoms in total. The predicted molar refractivity (Wildman–Crippen MR) is 154 cm³/mol. The Kier molecular flexibility index (Phi) is 9.00. The van der Waals surface area contributed by atoms with Gasteiger partial charge in [-0.15, -0.1) is 0 Å². The minimum absolute atomic E-state index is 0.0546. The largest absolute Gasteiger partial charge is 0.373 e. The van der Waals surface area contributed by atoms with Crippen molar-refractivity contribution in [3.63, 3.8) is 0 Å². The summed E-state index contributed by atoms with van der Waals surface area (Å²) in [6, 6.07) is 3.60. The summed E-state index contributed by atoms with van der Waals surface area (Å²) in [5.41, 5.74) is 4.98. The van der Waals surface area contributed by atoms with E-state index in [0.717, 1.165) is 43.4 Å². The highest BCUT2D eigenvalue weighted by molar-refractivity contribution is 6.34. The molecule has 36 heavy (non-hydrogen) atoms. The van der Waals surface area contributed by atoms with Crippen molar-refractivity contribution in [2.75, 3.05) is 14.1 Å². The van der Waals surface area contributed by atoms with Crippen LogP contribution in [0.25, 0.3) is 5.57 Å². The zero-order valence-electron chi connectivity index (χ0n) is 23.2. The molecule has 0 aliphatic carbocycles. The third-order valence-electron chi connectivity index (χ3n) is 7.06. The van der Waals surface area contributed by atoms with E-state index >= 15 is 4.39 Å². The van der Waals surface area contributed by atoms with Crippen LogP contribution in [-0.4, -0.2) is 48.0 Å². The highest BCUT2D eigenvalue weighted by Crippen LogP contribution is 2.35. The van der Waals surface area contributed by atoms with Gasteiger partial charge in [-0.05, 0) is 77.2 Å². The molecule has 0 amide bonds. The lowest BCUT2D eigenvalue weighted by atomic mass is 9.79. The van der Waals surface area contributed by atoms with Crippen molar-refractivity contribution in [3.8, 4) is 0 Å². The Hall–Kier alpha value is -2.24. The predicted octanol–water partition coefficient (Wildman–Crippen LogP) is 7.58. The van der Waals surface area contributed by atoms with E-state index in [-0.39, 0.29) is 16.9 Å². The summed E-state index contributed by atoms with van der Waals surface area (Å²) in [5, 5.41) is 4.26. The molecular formula is C30H42ClFN4. The highest BCUT2D eigenvalue weighted by Gasteiger charge is 2.39. The van der Waals surface area contributed by atoms with Crippen molar-refractivity contribution in [2.45, 2.75) is 90.8 Å². The molecule has 0 saturated carbocycles. The Labute approximate surface area is 222 Å². The number of allylic oxidation sites excluding steroid dienone is 4. The molecule has 6 heteroatoms. The van der Waals surface area contributed by atoms with E-state index in [2.05, 4.69) is 56.9 Å². The lowest BCUT2D eigenvalue weighted by Crippen LogP contribution is -2.61. The minimum Gasteiger partial charge on any atom is -0.373 e. The standard InChI is InChI=1S/C30H42ClFN4/c1-9-11-21(18-33-7)24-15-27(32)25(14-26(24)31)28-13-20(10-2)12-22(19-34-28)36(8)23-16-29(3,4)35-30(5,6)17-23/h11,13-15,18-19,23,35H,9-10,12,16-17H2,1-8H3/b21-11+,33-18?. The van der Waals surface area contributed by atoms with Gasteiger partial charge in [0.15, 0.2) is 0 Å². The molecule has 0 aromatic heterocycles. The van der Waals surface area contributed by atoms with Gasteiger partial charge in [0.2, 0.25) is 0 Å². The summed E-state index contributed by atoms with van der Waals surface area (Å²) in [6.45, 7) is 13.3. The number of hydrogen-bond acceptors (Lipinski definition) is 4. The van der Waals surface area contributed by atoms with Crippen LogP contribution in [0, 0.1) is 5.82 Å². The van der Waals surface area contributed by atoms with Crippen LogP contribution >= 0.6 is 11.6 Å². The van der Waals surface area contributed by atoms with Crippen LogP contribution in [0.3, 0.4) is 0 Å². The summed E-state index contributed by atoms with van der Waals surface area (Å²) in [7, 11) is 3.87. The van der Waals surface area contributed by atoms with Crippen molar-refractivity contribution in [1.82, 2.24) is 10.2 Å². The summed E-state index contributed by atoms with van der Waals surface area (Å²) >= 11 is 6.66. The lowest BCUT2D eigenvalue weighted by Gasteiger charge is -2.49. The summed E-state index contributed by atoms with van der Waals surface area (Å²) in [5.74, 6) is -0.335. The third kappa shape index (κ3) is 6.74. The number of hydrogen-bond donors (Lipinski definition) is 1. The van der Waals surface area contributed by atoms with Gasteiger partial charge in [0.25, 0.3) is 0 Å². The molecule has 196 valence electrons. The van der Waals surface area contributed by atoms with Crippen molar-refractivity contribution < 1.29 is 4.39 Å². The van der Waals surface area contributed by atoms with Crippen LogP contribution < -0.4 is 5.32 Å².